The van der Waals surface area contributed by atoms with Gasteiger partial charge in [-0.1, -0.05) is 18.2 Å². The van der Waals surface area contributed by atoms with E-state index in [0.717, 1.165) is 5.56 Å². The van der Waals surface area contributed by atoms with Gasteiger partial charge in [-0.3, -0.25) is 14.9 Å². The van der Waals surface area contributed by atoms with Gasteiger partial charge in [0.2, 0.25) is 0 Å². The predicted octanol–water partition coefficient (Wildman–Crippen LogP) is 2.32. The first-order chi connectivity index (χ1) is 10.1. The number of amides is 1. The molecule has 0 bridgehead atoms. The van der Waals surface area contributed by atoms with E-state index < -0.39 is 10.8 Å². The van der Waals surface area contributed by atoms with Crippen LogP contribution in [0.2, 0.25) is 0 Å². The van der Waals surface area contributed by atoms with Crippen LogP contribution in [0.15, 0.2) is 42.6 Å². The van der Waals surface area contributed by atoms with E-state index in [0.29, 0.717) is 5.82 Å². The smallest absolute Gasteiger partial charge is 0.310 e. The van der Waals surface area contributed by atoms with Crippen molar-refractivity contribution in [3.63, 3.8) is 0 Å². The summed E-state index contributed by atoms with van der Waals surface area (Å²) in [6.45, 7) is 1.48. The molecule has 0 saturated heterocycles. The molecule has 1 N–H and O–H groups in total. The topological polar surface area (TPSA) is 94.4 Å². The highest BCUT2D eigenvalue weighted by atomic mass is 16.6. The van der Waals surface area contributed by atoms with Crippen LogP contribution in [0.3, 0.4) is 0 Å². The van der Waals surface area contributed by atoms with E-state index in [2.05, 4.69) is 10.3 Å². The van der Waals surface area contributed by atoms with Crippen molar-refractivity contribution >= 4 is 17.4 Å². The summed E-state index contributed by atoms with van der Waals surface area (Å²) < 4.78 is 5.19. The average Bonchev–Trinajstić information content (AvgIpc) is 2.48. The third-order valence-corrected chi connectivity index (χ3v) is 2.69. The third kappa shape index (κ3) is 3.75. The van der Waals surface area contributed by atoms with Crippen molar-refractivity contribution < 1.29 is 14.5 Å². The molecule has 1 aromatic heterocycles. The molecule has 21 heavy (non-hydrogen) atoms. The maximum atomic E-state index is 11.8. The number of nitrogens with one attached hydrogen (secondary N) is 1. The first-order valence-electron chi connectivity index (χ1n) is 6.15. The molecule has 0 saturated carbocycles. The first kappa shape index (κ1) is 14.4. The number of ether oxygens (including phenoxy) is 1. The van der Waals surface area contributed by atoms with Crippen LogP contribution < -0.4 is 10.1 Å². The van der Waals surface area contributed by atoms with Gasteiger partial charge < -0.3 is 10.1 Å². The zero-order valence-corrected chi connectivity index (χ0v) is 11.3. The van der Waals surface area contributed by atoms with Crippen molar-refractivity contribution in [1.29, 1.82) is 0 Å². The molecular formula is C14H13N3O4. The van der Waals surface area contributed by atoms with E-state index >= 15 is 0 Å². The Morgan fingerprint density at radius 1 is 1.33 bits per heavy atom. The van der Waals surface area contributed by atoms with E-state index in [9.17, 15) is 14.9 Å². The summed E-state index contributed by atoms with van der Waals surface area (Å²) in [6, 6.07) is 9.46. The molecule has 1 heterocycles. The SMILES string of the molecule is Cc1cccnc1NC(=O)COc1ccccc1[N+](=O)[O-]. The number of pyridine rings is 1. The monoisotopic (exact) mass is 287 g/mol. The summed E-state index contributed by atoms with van der Waals surface area (Å²) in [5, 5.41) is 13.4. The normalized spacial score (nSPS) is 9.95. The summed E-state index contributed by atoms with van der Waals surface area (Å²) in [5.74, 6) is 0.0546. The van der Waals surface area contributed by atoms with E-state index in [1.807, 2.05) is 13.0 Å². The fourth-order valence-corrected chi connectivity index (χ4v) is 1.66. The maximum absolute atomic E-state index is 11.8. The van der Waals surface area contributed by atoms with Gasteiger partial charge in [-0.2, -0.15) is 0 Å². The Hall–Kier alpha value is -2.96. The molecule has 0 radical (unpaired) electrons. The van der Waals surface area contributed by atoms with Crippen LogP contribution in [0.1, 0.15) is 5.56 Å². The fraction of sp³-hybridized carbons (Fsp3) is 0.143. The quantitative estimate of drug-likeness (QED) is 0.672. The third-order valence-electron chi connectivity index (χ3n) is 2.69. The first-order valence-corrected chi connectivity index (χ1v) is 6.15. The van der Waals surface area contributed by atoms with Gasteiger partial charge in [0.1, 0.15) is 5.82 Å². The van der Waals surface area contributed by atoms with Crippen molar-refractivity contribution in [3.05, 3.63) is 58.3 Å². The van der Waals surface area contributed by atoms with Crippen LogP contribution in [0.4, 0.5) is 11.5 Å². The van der Waals surface area contributed by atoms with Crippen LogP contribution >= 0.6 is 0 Å². The number of hydrogen-bond acceptors (Lipinski definition) is 5. The molecule has 0 spiro atoms. The lowest BCUT2D eigenvalue weighted by atomic mass is 10.3. The summed E-state index contributed by atoms with van der Waals surface area (Å²) >= 11 is 0. The van der Waals surface area contributed by atoms with E-state index in [4.69, 9.17) is 4.74 Å². The van der Waals surface area contributed by atoms with Crippen molar-refractivity contribution in [2.75, 3.05) is 11.9 Å². The van der Waals surface area contributed by atoms with Crippen molar-refractivity contribution in [2.45, 2.75) is 6.92 Å². The Bertz CT molecular complexity index is 673. The molecule has 0 aliphatic rings. The molecule has 7 heteroatoms. The van der Waals surface area contributed by atoms with Crippen LogP contribution in [-0.2, 0) is 4.79 Å². The number of anilines is 1. The van der Waals surface area contributed by atoms with E-state index in [1.54, 1.807) is 18.3 Å². The van der Waals surface area contributed by atoms with Crippen LogP contribution in [0.5, 0.6) is 5.75 Å². The molecule has 2 aromatic rings. The maximum Gasteiger partial charge on any atom is 0.310 e. The zero-order chi connectivity index (χ0) is 15.2. The number of nitrogens with zero attached hydrogens (tertiary/aromatic N) is 2. The fourth-order valence-electron chi connectivity index (χ4n) is 1.66. The van der Waals surface area contributed by atoms with E-state index in [-0.39, 0.29) is 18.0 Å². The van der Waals surface area contributed by atoms with Gasteiger partial charge in [0.25, 0.3) is 5.91 Å². The van der Waals surface area contributed by atoms with Crippen molar-refractivity contribution in [1.82, 2.24) is 4.98 Å². The Morgan fingerprint density at radius 2 is 2.10 bits per heavy atom. The summed E-state index contributed by atoms with van der Waals surface area (Å²) in [6.07, 6.45) is 1.56. The number of nitro benzene ring substituents is 1. The number of rotatable bonds is 5. The zero-order valence-electron chi connectivity index (χ0n) is 11.3. The largest absolute Gasteiger partial charge is 0.477 e. The number of para-hydroxylation sites is 2. The van der Waals surface area contributed by atoms with Gasteiger partial charge in [0.05, 0.1) is 4.92 Å². The number of benzene rings is 1. The second-order valence-electron chi connectivity index (χ2n) is 4.23. The molecule has 0 aliphatic carbocycles. The summed E-state index contributed by atoms with van der Waals surface area (Å²) in [4.78, 5) is 26.1. The lowest BCUT2D eigenvalue weighted by molar-refractivity contribution is -0.385. The second kappa shape index (κ2) is 6.47. The molecule has 0 aliphatic heterocycles. The van der Waals surface area contributed by atoms with Gasteiger partial charge in [-0.25, -0.2) is 4.98 Å². The van der Waals surface area contributed by atoms with Gasteiger partial charge in [0, 0.05) is 12.3 Å². The summed E-state index contributed by atoms with van der Waals surface area (Å²) in [5.41, 5.74) is 0.635. The second-order valence-corrected chi connectivity index (χ2v) is 4.23. The number of carbonyl (C=O) groups is 1. The van der Waals surface area contributed by atoms with Gasteiger partial charge in [-0.05, 0) is 24.6 Å². The number of nitro groups is 1. The predicted molar refractivity (Wildman–Crippen MR) is 76.2 cm³/mol. The molecule has 1 aromatic carbocycles. The van der Waals surface area contributed by atoms with Gasteiger partial charge in [0.15, 0.2) is 12.4 Å². The average molecular weight is 287 g/mol. The number of aryl methyl sites for hydroxylation is 1. The Morgan fingerprint density at radius 3 is 2.81 bits per heavy atom. The molecule has 0 fully saturated rings. The highest BCUT2D eigenvalue weighted by molar-refractivity contribution is 5.91. The molecule has 0 atom stereocenters. The molecule has 1 amide bonds. The Kier molecular flexibility index (Phi) is 4.45. The highest BCUT2D eigenvalue weighted by Gasteiger charge is 2.15. The van der Waals surface area contributed by atoms with Crippen molar-refractivity contribution in [3.8, 4) is 5.75 Å². The standard InChI is InChI=1S/C14H13N3O4/c1-10-5-4-8-15-14(10)16-13(18)9-21-12-7-3-2-6-11(12)17(19)20/h2-8H,9H2,1H3,(H,15,16,18). The van der Waals surface area contributed by atoms with E-state index in [1.165, 1.54) is 18.2 Å². The molecular weight excluding hydrogens is 274 g/mol. The van der Waals surface area contributed by atoms with Crippen LogP contribution in [0.25, 0.3) is 0 Å². The number of carbonyl (C=O) groups excluding carboxylic acids is 1. The molecule has 7 nitrogen and oxygen atoms in total. The minimum atomic E-state index is -0.559. The Balaban J connectivity index is 1.99. The molecule has 0 unspecified atom stereocenters. The summed E-state index contributed by atoms with van der Waals surface area (Å²) in [7, 11) is 0. The van der Waals surface area contributed by atoms with Crippen molar-refractivity contribution in [2.24, 2.45) is 0 Å². The minimum Gasteiger partial charge on any atom is -0.477 e. The van der Waals surface area contributed by atoms with Gasteiger partial charge >= 0.3 is 5.69 Å². The minimum absolute atomic E-state index is 0.0513. The number of hydrogen-bond donors (Lipinski definition) is 1. The van der Waals surface area contributed by atoms with Crippen LogP contribution in [0, 0.1) is 17.0 Å². The lowest BCUT2D eigenvalue weighted by Gasteiger charge is -2.08. The highest BCUT2D eigenvalue weighted by Crippen LogP contribution is 2.25. The van der Waals surface area contributed by atoms with Gasteiger partial charge in [-0.15, -0.1) is 0 Å². The Labute approximate surface area is 120 Å². The number of aromatic nitrogens is 1. The lowest BCUT2D eigenvalue weighted by Crippen LogP contribution is -2.21. The van der Waals surface area contributed by atoms with Crippen LogP contribution in [-0.4, -0.2) is 22.4 Å². The molecule has 2 rings (SSSR count). The molecule has 108 valence electrons.